The molecule has 0 atom stereocenters. The minimum atomic E-state index is -0.238. The lowest BCUT2D eigenvalue weighted by Crippen LogP contribution is -2.00. The van der Waals surface area contributed by atoms with Crippen molar-refractivity contribution in [2.75, 3.05) is 0 Å². The zero-order valence-electron chi connectivity index (χ0n) is 11.8. The van der Waals surface area contributed by atoms with Crippen LogP contribution in [0.2, 0.25) is 5.02 Å². The Labute approximate surface area is 128 Å². The molecular weight excluding hydrogens is 287 g/mol. The van der Waals surface area contributed by atoms with Crippen LogP contribution in [0.3, 0.4) is 0 Å². The third kappa shape index (κ3) is 2.79. The molecule has 2 aromatic carbocycles. The maximum Gasteiger partial charge on any atom is 0.141 e. The van der Waals surface area contributed by atoms with Crippen LogP contribution < -0.4 is 0 Å². The summed E-state index contributed by atoms with van der Waals surface area (Å²) in [5, 5.41) is 0.674. The molecule has 0 aliphatic carbocycles. The molecule has 3 aromatic rings. The molecule has 0 aliphatic rings. The molecule has 1 heterocycles. The van der Waals surface area contributed by atoms with E-state index in [4.69, 9.17) is 11.6 Å². The van der Waals surface area contributed by atoms with Crippen LogP contribution in [0.5, 0.6) is 0 Å². The molecule has 0 N–H and O–H groups in total. The Hall–Kier alpha value is -1.87. The number of hydrogen-bond donors (Lipinski definition) is 0. The van der Waals surface area contributed by atoms with Crippen LogP contribution >= 0.6 is 11.6 Å². The molecule has 0 saturated carbocycles. The number of rotatable bonds is 4. The van der Waals surface area contributed by atoms with Gasteiger partial charge in [-0.3, -0.25) is 0 Å². The third-order valence-electron chi connectivity index (χ3n) is 3.55. The summed E-state index contributed by atoms with van der Waals surface area (Å²) in [6.45, 7) is 3.05. The van der Waals surface area contributed by atoms with Gasteiger partial charge in [0.2, 0.25) is 0 Å². The van der Waals surface area contributed by atoms with Crippen molar-refractivity contribution in [2.45, 2.75) is 26.3 Å². The van der Waals surface area contributed by atoms with Crippen molar-refractivity contribution in [3.63, 3.8) is 0 Å². The number of unbranched alkanes of at least 4 members (excludes halogenated alkanes) is 1. The van der Waals surface area contributed by atoms with E-state index in [0.717, 1.165) is 41.8 Å². The first-order valence-electron chi connectivity index (χ1n) is 7.11. The topological polar surface area (TPSA) is 17.8 Å². The summed E-state index contributed by atoms with van der Waals surface area (Å²) >= 11 is 6.05. The number of halogens is 2. The fourth-order valence-corrected chi connectivity index (χ4v) is 2.63. The van der Waals surface area contributed by atoms with E-state index < -0.39 is 0 Å². The lowest BCUT2D eigenvalue weighted by Gasteiger charge is -2.08. The van der Waals surface area contributed by atoms with Gasteiger partial charge in [0.25, 0.3) is 0 Å². The number of aromatic nitrogens is 2. The van der Waals surface area contributed by atoms with E-state index in [0.29, 0.717) is 5.02 Å². The van der Waals surface area contributed by atoms with Gasteiger partial charge < -0.3 is 4.57 Å². The van der Waals surface area contributed by atoms with Gasteiger partial charge in [0.05, 0.1) is 11.0 Å². The van der Waals surface area contributed by atoms with Crippen LogP contribution in [0, 0.1) is 5.82 Å². The quantitative estimate of drug-likeness (QED) is 0.640. The predicted octanol–water partition coefficient (Wildman–Crippen LogP) is 5.30. The highest BCUT2D eigenvalue weighted by Crippen LogP contribution is 2.27. The summed E-state index contributed by atoms with van der Waals surface area (Å²) in [6.07, 6.45) is 2.18. The Balaban J connectivity index is 2.17. The van der Waals surface area contributed by atoms with Crippen molar-refractivity contribution in [3.05, 3.63) is 53.3 Å². The van der Waals surface area contributed by atoms with Gasteiger partial charge in [0, 0.05) is 17.1 Å². The summed E-state index contributed by atoms with van der Waals surface area (Å²) < 4.78 is 15.3. The van der Waals surface area contributed by atoms with Crippen molar-refractivity contribution in [1.29, 1.82) is 0 Å². The Morgan fingerprint density at radius 1 is 1.14 bits per heavy atom. The molecule has 4 heteroatoms. The van der Waals surface area contributed by atoms with E-state index in [1.165, 1.54) is 12.1 Å². The number of benzene rings is 2. The third-order valence-corrected chi connectivity index (χ3v) is 3.78. The molecule has 0 fully saturated rings. The largest absolute Gasteiger partial charge is 0.324 e. The molecule has 0 amide bonds. The molecule has 0 aliphatic heterocycles. The Kier molecular flexibility index (Phi) is 3.93. The van der Waals surface area contributed by atoms with Crippen molar-refractivity contribution >= 4 is 22.6 Å². The summed E-state index contributed by atoms with van der Waals surface area (Å²) in [6, 6.07) is 12.2. The van der Waals surface area contributed by atoms with Crippen LogP contribution in [-0.4, -0.2) is 9.55 Å². The molecular formula is C17H16ClFN2. The average Bonchev–Trinajstić information content (AvgIpc) is 2.83. The highest BCUT2D eigenvalue weighted by atomic mass is 35.5. The number of aryl methyl sites for hydroxylation is 1. The number of nitrogens with zero attached hydrogens (tertiary/aromatic N) is 2. The Morgan fingerprint density at radius 3 is 2.62 bits per heavy atom. The van der Waals surface area contributed by atoms with Crippen LogP contribution in [0.25, 0.3) is 22.4 Å². The van der Waals surface area contributed by atoms with E-state index in [9.17, 15) is 4.39 Å². The zero-order chi connectivity index (χ0) is 14.8. The molecule has 0 unspecified atom stereocenters. The summed E-state index contributed by atoms with van der Waals surface area (Å²) in [5.74, 6) is 0.624. The van der Waals surface area contributed by atoms with Crippen LogP contribution in [0.1, 0.15) is 19.8 Å². The monoisotopic (exact) mass is 302 g/mol. The molecule has 21 heavy (non-hydrogen) atoms. The Morgan fingerprint density at radius 2 is 1.90 bits per heavy atom. The van der Waals surface area contributed by atoms with E-state index in [1.807, 2.05) is 18.2 Å². The highest BCUT2D eigenvalue weighted by Gasteiger charge is 2.12. The second-order valence-corrected chi connectivity index (χ2v) is 5.52. The van der Waals surface area contributed by atoms with Crippen molar-refractivity contribution in [1.82, 2.24) is 9.55 Å². The maximum absolute atomic E-state index is 13.1. The first kappa shape index (κ1) is 14.1. The first-order chi connectivity index (χ1) is 10.2. The Bertz CT molecular complexity index is 762. The van der Waals surface area contributed by atoms with Gasteiger partial charge in [-0.1, -0.05) is 24.9 Å². The fourth-order valence-electron chi connectivity index (χ4n) is 2.46. The molecule has 1 aromatic heterocycles. The summed E-state index contributed by atoms with van der Waals surface area (Å²) in [4.78, 5) is 4.68. The van der Waals surface area contributed by atoms with Gasteiger partial charge >= 0.3 is 0 Å². The van der Waals surface area contributed by atoms with E-state index >= 15 is 0 Å². The van der Waals surface area contributed by atoms with Crippen LogP contribution in [0.4, 0.5) is 4.39 Å². The lowest BCUT2D eigenvalue weighted by molar-refractivity contribution is 0.627. The second kappa shape index (κ2) is 5.86. The van der Waals surface area contributed by atoms with Crippen LogP contribution in [-0.2, 0) is 6.54 Å². The van der Waals surface area contributed by atoms with Crippen molar-refractivity contribution in [3.8, 4) is 11.4 Å². The zero-order valence-corrected chi connectivity index (χ0v) is 12.6. The maximum atomic E-state index is 13.1. The van der Waals surface area contributed by atoms with Gasteiger partial charge in [0.15, 0.2) is 0 Å². The van der Waals surface area contributed by atoms with Gasteiger partial charge in [-0.15, -0.1) is 0 Å². The van der Waals surface area contributed by atoms with Gasteiger partial charge in [-0.25, -0.2) is 9.37 Å². The van der Waals surface area contributed by atoms with Gasteiger partial charge in [0.1, 0.15) is 11.6 Å². The van der Waals surface area contributed by atoms with Gasteiger partial charge in [-0.2, -0.15) is 0 Å². The van der Waals surface area contributed by atoms with E-state index in [1.54, 1.807) is 12.1 Å². The standard InChI is InChI=1S/C17H16ClFN2/c1-2-3-10-21-16-9-6-13(18)11-15(16)20-17(21)12-4-7-14(19)8-5-12/h4-9,11H,2-3,10H2,1H3. The van der Waals surface area contributed by atoms with Crippen molar-refractivity contribution < 1.29 is 4.39 Å². The summed E-state index contributed by atoms with van der Waals surface area (Å²) in [5.41, 5.74) is 2.85. The molecule has 0 saturated heterocycles. The minimum absolute atomic E-state index is 0.238. The first-order valence-corrected chi connectivity index (χ1v) is 7.48. The summed E-state index contributed by atoms with van der Waals surface area (Å²) in [7, 11) is 0. The second-order valence-electron chi connectivity index (χ2n) is 5.08. The highest BCUT2D eigenvalue weighted by molar-refractivity contribution is 6.31. The molecule has 2 nitrogen and oxygen atoms in total. The molecule has 0 radical (unpaired) electrons. The van der Waals surface area contributed by atoms with E-state index in [2.05, 4.69) is 16.5 Å². The fraction of sp³-hybridized carbons (Fsp3) is 0.235. The molecule has 108 valence electrons. The molecule has 0 bridgehead atoms. The smallest absolute Gasteiger partial charge is 0.141 e. The number of imidazole rings is 1. The van der Waals surface area contributed by atoms with Gasteiger partial charge in [-0.05, 0) is 48.9 Å². The average molecular weight is 303 g/mol. The van der Waals surface area contributed by atoms with Crippen LogP contribution in [0.15, 0.2) is 42.5 Å². The SMILES string of the molecule is CCCCn1c(-c2ccc(F)cc2)nc2cc(Cl)ccc21. The van der Waals surface area contributed by atoms with E-state index in [-0.39, 0.29) is 5.82 Å². The lowest BCUT2D eigenvalue weighted by atomic mass is 10.2. The number of hydrogen-bond acceptors (Lipinski definition) is 1. The molecule has 3 rings (SSSR count). The number of fused-ring (bicyclic) bond motifs is 1. The predicted molar refractivity (Wildman–Crippen MR) is 85.0 cm³/mol. The normalized spacial score (nSPS) is 11.2. The van der Waals surface area contributed by atoms with Crippen molar-refractivity contribution in [2.24, 2.45) is 0 Å². The minimum Gasteiger partial charge on any atom is -0.324 e. The molecule has 0 spiro atoms.